The molecule has 27 heavy (non-hydrogen) atoms. The van der Waals surface area contributed by atoms with Crippen molar-refractivity contribution in [2.24, 2.45) is 0 Å². The van der Waals surface area contributed by atoms with Gasteiger partial charge in [0.05, 0.1) is 5.56 Å². The van der Waals surface area contributed by atoms with Gasteiger partial charge in [-0.2, -0.15) is 0 Å². The Bertz CT molecular complexity index is 826. The van der Waals surface area contributed by atoms with E-state index in [4.69, 9.17) is 4.74 Å². The molecule has 1 aromatic carbocycles. The van der Waals surface area contributed by atoms with E-state index >= 15 is 0 Å². The number of anilines is 1. The highest BCUT2D eigenvalue weighted by Crippen LogP contribution is 2.24. The van der Waals surface area contributed by atoms with Crippen molar-refractivity contribution >= 4 is 17.6 Å². The third kappa shape index (κ3) is 5.50. The highest BCUT2D eigenvalue weighted by Gasteiger charge is 2.31. The van der Waals surface area contributed by atoms with E-state index in [1.165, 1.54) is 12.1 Å². The lowest BCUT2D eigenvalue weighted by molar-refractivity contribution is -0.274. The van der Waals surface area contributed by atoms with E-state index in [0.717, 1.165) is 23.5 Å². The monoisotopic (exact) mass is 384 g/mol. The molecule has 2 aromatic rings. The second kappa shape index (κ2) is 8.15. The predicted octanol–water partition coefficient (Wildman–Crippen LogP) is 3.82. The zero-order valence-electron chi connectivity index (χ0n) is 15.0. The van der Waals surface area contributed by atoms with Crippen LogP contribution in [0.1, 0.15) is 28.7 Å². The second-order valence-corrected chi connectivity index (χ2v) is 5.73. The van der Waals surface area contributed by atoms with E-state index < -0.39 is 30.6 Å². The van der Waals surface area contributed by atoms with E-state index in [9.17, 15) is 22.8 Å². The third-order valence-corrected chi connectivity index (χ3v) is 3.82. The number of carbonyl (C=O) groups is 2. The molecule has 0 fully saturated rings. The molecule has 0 aliphatic rings. The molecule has 0 spiro atoms. The van der Waals surface area contributed by atoms with E-state index in [1.807, 2.05) is 18.4 Å². The van der Waals surface area contributed by atoms with Gasteiger partial charge in [0.15, 0.2) is 6.61 Å². The summed E-state index contributed by atoms with van der Waals surface area (Å²) in [7, 11) is 0. The van der Waals surface area contributed by atoms with E-state index in [-0.39, 0.29) is 5.69 Å². The summed E-state index contributed by atoms with van der Waals surface area (Å²) >= 11 is 0. The Morgan fingerprint density at radius 2 is 1.78 bits per heavy atom. The average Bonchev–Trinajstić information content (AvgIpc) is 2.87. The van der Waals surface area contributed by atoms with Gasteiger partial charge in [-0.05, 0) is 51.1 Å². The average molecular weight is 384 g/mol. The fourth-order valence-electron chi connectivity index (χ4n) is 2.64. The summed E-state index contributed by atoms with van der Waals surface area (Å²) in [6, 6.07) is 6.31. The first-order valence-corrected chi connectivity index (χ1v) is 8.10. The van der Waals surface area contributed by atoms with Crippen LogP contribution in [0.2, 0.25) is 0 Å². The largest absolute Gasteiger partial charge is 0.573 e. The van der Waals surface area contributed by atoms with Gasteiger partial charge >= 0.3 is 12.3 Å². The molecule has 0 aliphatic carbocycles. The SMILES string of the molecule is CCn1c(C)cc(C(=O)OCC(=O)Nc2ccc(OC(F)(F)F)cc2)c1C. The molecule has 146 valence electrons. The van der Waals surface area contributed by atoms with Crippen molar-refractivity contribution in [2.45, 2.75) is 33.7 Å². The minimum absolute atomic E-state index is 0.245. The Morgan fingerprint density at radius 3 is 2.30 bits per heavy atom. The number of aromatic nitrogens is 1. The number of hydrogen-bond donors (Lipinski definition) is 1. The maximum absolute atomic E-state index is 12.1. The summed E-state index contributed by atoms with van der Waals surface area (Å²) < 4.78 is 47.0. The molecule has 0 saturated heterocycles. The van der Waals surface area contributed by atoms with Crippen molar-refractivity contribution in [3.8, 4) is 5.75 Å². The number of aryl methyl sites for hydroxylation is 1. The van der Waals surface area contributed by atoms with Crippen molar-refractivity contribution in [1.29, 1.82) is 0 Å². The van der Waals surface area contributed by atoms with Crippen molar-refractivity contribution in [2.75, 3.05) is 11.9 Å². The molecule has 1 amide bonds. The smallest absolute Gasteiger partial charge is 0.452 e. The first kappa shape index (κ1) is 20.3. The summed E-state index contributed by atoms with van der Waals surface area (Å²) in [5.41, 5.74) is 2.29. The Labute approximate surface area is 153 Å². The Balaban J connectivity index is 1.90. The van der Waals surface area contributed by atoms with Gasteiger partial charge in [0.1, 0.15) is 5.75 Å². The zero-order valence-corrected chi connectivity index (χ0v) is 15.0. The van der Waals surface area contributed by atoms with E-state index in [2.05, 4.69) is 10.1 Å². The van der Waals surface area contributed by atoms with Crippen LogP contribution in [0.5, 0.6) is 5.75 Å². The zero-order chi connectivity index (χ0) is 20.2. The quantitative estimate of drug-likeness (QED) is 0.769. The fourth-order valence-corrected chi connectivity index (χ4v) is 2.64. The molecular weight excluding hydrogens is 365 g/mol. The summed E-state index contributed by atoms with van der Waals surface area (Å²) in [5, 5.41) is 2.42. The van der Waals surface area contributed by atoms with Crippen LogP contribution in [0.25, 0.3) is 0 Å². The summed E-state index contributed by atoms with van der Waals surface area (Å²) in [6.07, 6.45) is -4.79. The minimum Gasteiger partial charge on any atom is -0.452 e. The number of nitrogens with one attached hydrogen (secondary N) is 1. The van der Waals surface area contributed by atoms with Crippen LogP contribution in [0, 0.1) is 13.8 Å². The van der Waals surface area contributed by atoms with Crippen LogP contribution in [-0.2, 0) is 16.1 Å². The molecule has 0 atom stereocenters. The second-order valence-electron chi connectivity index (χ2n) is 5.73. The van der Waals surface area contributed by atoms with Crippen LogP contribution in [0.15, 0.2) is 30.3 Å². The van der Waals surface area contributed by atoms with E-state index in [0.29, 0.717) is 12.1 Å². The number of amides is 1. The first-order valence-electron chi connectivity index (χ1n) is 8.10. The molecule has 1 heterocycles. The van der Waals surface area contributed by atoms with Crippen LogP contribution in [0.3, 0.4) is 0 Å². The fraction of sp³-hybridized carbons (Fsp3) is 0.333. The Hall–Kier alpha value is -2.97. The summed E-state index contributed by atoms with van der Waals surface area (Å²) in [4.78, 5) is 24.0. The van der Waals surface area contributed by atoms with Crippen LogP contribution in [-0.4, -0.2) is 29.4 Å². The molecule has 0 bridgehead atoms. The number of rotatable bonds is 6. The molecule has 0 radical (unpaired) electrons. The third-order valence-electron chi connectivity index (χ3n) is 3.82. The van der Waals surface area contributed by atoms with Gasteiger partial charge in [-0.15, -0.1) is 13.2 Å². The van der Waals surface area contributed by atoms with E-state index in [1.54, 1.807) is 13.0 Å². The number of benzene rings is 1. The summed E-state index contributed by atoms with van der Waals surface area (Å²) in [5.74, 6) is -1.64. The molecule has 0 unspecified atom stereocenters. The van der Waals surface area contributed by atoms with Gasteiger partial charge < -0.3 is 19.4 Å². The summed E-state index contributed by atoms with van der Waals surface area (Å²) in [6.45, 7) is 5.80. The first-order chi connectivity index (χ1) is 12.6. The lowest BCUT2D eigenvalue weighted by Crippen LogP contribution is -2.21. The van der Waals surface area contributed by atoms with Gasteiger partial charge in [-0.25, -0.2) is 4.79 Å². The van der Waals surface area contributed by atoms with Crippen LogP contribution < -0.4 is 10.1 Å². The van der Waals surface area contributed by atoms with Gasteiger partial charge in [0.25, 0.3) is 5.91 Å². The van der Waals surface area contributed by atoms with Gasteiger partial charge in [0.2, 0.25) is 0 Å². The molecule has 9 heteroatoms. The lowest BCUT2D eigenvalue weighted by atomic mass is 10.2. The van der Waals surface area contributed by atoms with Crippen molar-refractivity contribution in [3.05, 3.63) is 47.3 Å². The highest BCUT2D eigenvalue weighted by atomic mass is 19.4. The number of esters is 1. The maximum atomic E-state index is 12.1. The molecule has 1 N–H and O–H groups in total. The van der Waals surface area contributed by atoms with Crippen LogP contribution in [0.4, 0.5) is 18.9 Å². The molecule has 0 saturated carbocycles. The van der Waals surface area contributed by atoms with Gasteiger partial charge in [0, 0.05) is 23.6 Å². The molecule has 2 rings (SSSR count). The molecule has 1 aromatic heterocycles. The number of hydrogen-bond acceptors (Lipinski definition) is 4. The lowest BCUT2D eigenvalue weighted by Gasteiger charge is -2.10. The maximum Gasteiger partial charge on any atom is 0.573 e. The van der Waals surface area contributed by atoms with Gasteiger partial charge in [-0.1, -0.05) is 0 Å². The number of alkyl halides is 3. The minimum atomic E-state index is -4.79. The van der Waals surface area contributed by atoms with Crippen molar-refractivity contribution in [1.82, 2.24) is 4.57 Å². The number of ether oxygens (including phenoxy) is 2. The topological polar surface area (TPSA) is 69.6 Å². The standard InChI is InChI=1S/C18H19F3N2O4/c1-4-23-11(2)9-15(12(23)3)17(25)26-10-16(24)22-13-5-7-14(8-6-13)27-18(19,20)21/h5-9H,4,10H2,1-3H3,(H,22,24). The molecule has 0 aliphatic heterocycles. The number of carbonyl (C=O) groups excluding carboxylic acids is 2. The van der Waals surface area contributed by atoms with Gasteiger partial charge in [-0.3, -0.25) is 4.79 Å². The number of halogens is 3. The normalized spacial score (nSPS) is 11.2. The predicted molar refractivity (Wildman–Crippen MR) is 91.6 cm³/mol. The van der Waals surface area contributed by atoms with Crippen molar-refractivity contribution < 1.29 is 32.2 Å². The van der Waals surface area contributed by atoms with Crippen molar-refractivity contribution in [3.63, 3.8) is 0 Å². The molecular formula is C18H19F3N2O4. The highest BCUT2D eigenvalue weighted by molar-refractivity contribution is 5.96. The Morgan fingerprint density at radius 1 is 1.15 bits per heavy atom. The molecule has 6 nitrogen and oxygen atoms in total. The Kier molecular flexibility index (Phi) is 6.14. The number of nitrogens with zero attached hydrogens (tertiary/aromatic N) is 1. The van der Waals surface area contributed by atoms with Crippen LogP contribution >= 0.6 is 0 Å².